The molecule has 0 radical (unpaired) electrons. The van der Waals surface area contributed by atoms with Crippen molar-refractivity contribution in [1.82, 2.24) is 0 Å². The highest BCUT2D eigenvalue weighted by molar-refractivity contribution is 7.99. The first-order chi connectivity index (χ1) is 8.81. The summed E-state index contributed by atoms with van der Waals surface area (Å²) in [6, 6.07) is 0. The Hall–Kier alpha value is -0.180. The molecule has 18 heavy (non-hydrogen) atoms. The van der Waals surface area contributed by atoms with E-state index in [1.54, 1.807) is 0 Å². The van der Waals surface area contributed by atoms with Crippen LogP contribution in [0.2, 0.25) is 0 Å². The number of hydrogen-bond acceptors (Lipinski definition) is 3. The molecule has 0 heterocycles. The minimum Gasteiger partial charge on any atom is -0.466 e. The zero-order valence-electron chi connectivity index (χ0n) is 12.2. The quantitative estimate of drug-likeness (QED) is 0.356. The van der Waals surface area contributed by atoms with Gasteiger partial charge in [0.1, 0.15) is 0 Å². The number of thioether (sulfide) groups is 1. The third-order valence-corrected chi connectivity index (χ3v) is 3.92. The molecule has 0 saturated carbocycles. The van der Waals surface area contributed by atoms with Crippen LogP contribution in [0.15, 0.2) is 0 Å². The van der Waals surface area contributed by atoms with Crippen molar-refractivity contribution in [3.63, 3.8) is 0 Å². The summed E-state index contributed by atoms with van der Waals surface area (Å²) in [4.78, 5) is 11.3. The van der Waals surface area contributed by atoms with E-state index in [9.17, 15) is 4.79 Å². The summed E-state index contributed by atoms with van der Waals surface area (Å²) >= 11 is 1.88. The summed E-state index contributed by atoms with van der Waals surface area (Å²) in [5.74, 6) is 2.08. The summed E-state index contributed by atoms with van der Waals surface area (Å²) in [5.41, 5.74) is 0. The van der Waals surface area contributed by atoms with Crippen molar-refractivity contribution >= 4 is 17.7 Å². The Labute approximate surface area is 117 Å². The van der Waals surface area contributed by atoms with E-state index in [-0.39, 0.29) is 5.97 Å². The SMILES string of the molecule is CCCCCCCCSCCC(=O)OCCCC. The van der Waals surface area contributed by atoms with Crippen LogP contribution < -0.4 is 0 Å². The predicted molar refractivity (Wildman–Crippen MR) is 81.2 cm³/mol. The molecule has 0 aliphatic carbocycles. The minimum absolute atomic E-state index is 0.0288. The summed E-state index contributed by atoms with van der Waals surface area (Å²) in [6.07, 6.45) is 10.7. The second kappa shape index (κ2) is 14.9. The fourth-order valence-electron chi connectivity index (χ4n) is 1.64. The monoisotopic (exact) mass is 274 g/mol. The van der Waals surface area contributed by atoms with Gasteiger partial charge in [-0.15, -0.1) is 0 Å². The predicted octanol–water partition coefficient (Wildman–Crippen LogP) is 4.81. The number of unbranched alkanes of at least 4 members (excludes halogenated alkanes) is 6. The van der Waals surface area contributed by atoms with Crippen molar-refractivity contribution in [1.29, 1.82) is 0 Å². The second-order valence-electron chi connectivity index (χ2n) is 4.70. The van der Waals surface area contributed by atoms with Crippen molar-refractivity contribution in [3.8, 4) is 0 Å². The van der Waals surface area contributed by atoms with Crippen LogP contribution in [0, 0.1) is 0 Å². The molecule has 0 aliphatic heterocycles. The fourth-order valence-corrected chi connectivity index (χ4v) is 2.57. The summed E-state index contributed by atoms with van der Waals surface area (Å²) in [6.45, 7) is 4.94. The molecular formula is C15H30O2S. The normalized spacial score (nSPS) is 10.6. The Morgan fingerprint density at radius 2 is 1.56 bits per heavy atom. The molecule has 0 aliphatic rings. The van der Waals surface area contributed by atoms with Crippen LogP contribution in [0.25, 0.3) is 0 Å². The van der Waals surface area contributed by atoms with Crippen molar-refractivity contribution in [2.45, 2.75) is 71.6 Å². The first-order valence-electron chi connectivity index (χ1n) is 7.54. The average Bonchev–Trinajstić information content (AvgIpc) is 2.37. The number of carbonyl (C=O) groups excluding carboxylic acids is 1. The van der Waals surface area contributed by atoms with E-state index in [4.69, 9.17) is 4.74 Å². The topological polar surface area (TPSA) is 26.3 Å². The van der Waals surface area contributed by atoms with Crippen LogP contribution in [0.5, 0.6) is 0 Å². The average molecular weight is 274 g/mol. The highest BCUT2D eigenvalue weighted by Gasteiger charge is 2.01. The van der Waals surface area contributed by atoms with Gasteiger partial charge in [-0.25, -0.2) is 0 Å². The maximum absolute atomic E-state index is 11.3. The van der Waals surface area contributed by atoms with Gasteiger partial charge in [0.15, 0.2) is 0 Å². The number of carbonyl (C=O) groups is 1. The van der Waals surface area contributed by atoms with Gasteiger partial charge in [-0.3, -0.25) is 4.79 Å². The van der Waals surface area contributed by atoms with Crippen molar-refractivity contribution in [2.24, 2.45) is 0 Å². The zero-order chi connectivity index (χ0) is 13.5. The molecule has 0 fully saturated rings. The molecule has 0 rings (SSSR count). The molecule has 0 saturated heterocycles. The van der Waals surface area contributed by atoms with Gasteiger partial charge < -0.3 is 4.74 Å². The van der Waals surface area contributed by atoms with Crippen LogP contribution >= 0.6 is 11.8 Å². The van der Waals surface area contributed by atoms with E-state index in [1.807, 2.05) is 11.8 Å². The molecule has 0 amide bonds. The van der Waals surface area contributed by atoms with Crippen molar-refractivity contribution < 1.29 is 9.53 Å². The van der Waals surface area contributed by atoms with Gasteiger partial charge in [0.2, 0.25) is 0 Å². The van der Waals surface area contributed by atoms with E-state index in [0.717, 1.165) is 18.6 Å². The van der Waals surface area contributed by atoms with Crippen LogP contribution in [-0.2, 0) is 9.53 Å². The molecule has 108 valence electrons. The lowest BCUT2D eigenvalue weighted by atomic mass is 10.1. The number of hydrogen-bond donors (Lipinski definition) is 0. The lowest BCUT2D eigenvalue weighted by Gasteiger charge is -2.04. The molecule has 0 atom stereocenters. The van der Waals surface area contributed by atoms with Gasteiger partial charge in [0, 0.05) is 5.75 Å². The van der Waals surface area contributed by atoms with Gasteiger partial charge in [-0.2, -0.15) is 11.8 Å². The largest absolute Gasteiger partial charge is 0.466 e. The summed E-state index contributed by atoms with van der Waals surface area (Å²) in [7, 11) is 0. The Morgan fingerprint density at radius 3 is 2.28 bits per heavy atom. The highest BCUT2D eigenvalue weighted by atomic mass is 32.2. The first kappa shape index (κ1) is 17.8. The van der Waals surface area contributed by atoms with E-state index in [1.165, 1.54) is 44.3 Å². The van der Waals surface area contributed by atoms with Crippen LogP contribution in [0.3, 0.4) is 0 Å². The molecule has 0 aromatic carbocycles. The van der Waals surface area contributed by atoms with Crippen LogP contribution in [0.1, 0.15) is 71.6 Å². The molecule has 3 heteroatoms. The molecule has 2 nitrogen and oxygen atoms in total. The van der Waals surface area contributed by atoms with E-state index < -0.39 is 0 Å². The molecule has 0 spiro atoms. The molecule has 0 bridgehead atoms. The first-order valence-corrected chi connectivity index (χ1v) is 8.70. The third kappa shape index (κ3) is 13.9. The Bertz CT molecular complexity index is 183. The highest BCUT2D eigenvalue weighted by Crippen LogP contribution is 2.10. The Balaban J connectivity index is 3.08. The molecule has 0 aromatic rings. The second-order valence-corrected chi connectivity index (χ2v) is 5.93. The number of esters is 1. The van der Waals surface area contributed by atoms with Gasteiger partial charge in [-0.1, -0.05) is 52.4 Å². The van der Waals surface area contributed by atoms with Crippen LogP contribution in [-0.4, -0.2) is 24.1 Å². The maximum atomic E-state index is 11.3. The van der Waals surface area contributed by atoms with Gasteiger partial charge in [0.25, 0.3) is 0 Å². The van der Waals surface area contributed by atoms with E-state index in [2.05, 4.69) is 13.8 Å². The van der Waals surface area contributed by atoms with Crippen LogP contribution in [0.4, 0.5) is 0 Å². The minimum atomic E-state index is -0.0288. The Kier molecular flexibility index (Phi) is 14.7. The summed E-state index contributed by atoms with van der Waals surface area (Å²) < 4.78 is 5.10. The number of rotatable bonds is 13. The van der Waals surface area contributed by atoms with Gasteiger partial charge >= 0.3 is 5.97 Å². The lowest BCUT2D eigenvalue weighted by molar-refractivity contribution is -0.143. The smallest absolute Gasteiger partial charge is 0.306 e. The summed E-state index contributed by atoms with van der Waals surface area (Å²) in [5, 5.41) is 0. The van der Waals surface area contributed by atoms with E-state index in [0.29, 0.717) is 13.0 Å². The molecule has 0 N–H and O–H groups in total. The Morgan fingerprint density at radius 1 is 0.889 bits per heavy atom. The fraction of sp³-hybridized carbons (Fsp3) is 0.933. The van der Waals surface area contributed by atoms with Gasteiger partial charge in [0.05, 0.1) is 13.0 Å². The number of ether oxygens (including phenoxy) is 1. The molecule has 0 unspecified atom stereocenters. The van der Waals surface area contributed by atoms with Gasteiger partial charge in [-0.05, 0) is 18.6 Å². The van der Waals surface area contributed by atoms with Crippen molar-refractivity contribution in [2.75, 3.05) is 18.1 Å². The zero-order valence-corrected chi connectivity index (χ0v) is 13.0. The standard InChI is InChI=1S/C15H30O2S/c1-3-5-7-8-9-10-13-18-14-11-15(16)17-12-6-4-2/h3-14H2,1-2H3. The van der Waals surface area contributed by atoms with E-state index >= 15 is 0 Å². The third-order valence-electron chi connectivity index (χ3n) is 2.85. The maximum Gasteiger partial charge on any atom is 0.306 e. The van der Waals surface area contributed by atoms with Crippen molar-refractivity contribution in [3.05, 3.63) is 0 Å². The molecule has 0 aromatic heterocycles. The lowest BCUT2D eigenvalue weighted by Crippen LogP contribution is -2.06. The molecular weight excluding hydrogens is 244 g/mol.